The molecule has 1 unspecified atom stereocenters. The zero-order valence-electron chi connectivity index (χ0n) is 36.6. The number of nitrogens with zero attached hydrogens (tertiary/aromatic N) is 1. The Morgan fingerprint density at radius 2 is 1.17 bits per heavy atom. The predicted octanol–water partition coefficient (Wildman–Crippen LogP) is 0.204. The fourth-order valence-electron chi connectivity index (χ4n) is 6.54. The van der Waals surface area contributed by atoms with Crippen molar-refractivity contribution in [1.82, 2.24) is 41.9 Å². The van der Waals surface area contributed by atoms with E-state index in [-0.39, 0.29) is 49.7 Å². The van der Waals surface area contributed by atoms with E-state index in [0.29, 0.717) is 11.3 Å². The molecule has 0 aliphatic rings. The van der Waals surface area contributed by atoms with Crippen LogP contribution in [0.3, 0.4) is 0 Å². The van der Waals surface area contributed by atoms with Gasteiger partial charge >= 0.3 is 5.97 Å². The minimum atomic E-state index is -1.84. The third-order valence-corrected chi connectivity index (χ3v) is 9.94. The number of rotatable bonds is 25. The largest absolute Gasteiger partial charge is 0.508 e. The quantitative estimate of drug-likeness (QED) is 0.0545. The number of benzene rings is 2. The molecule has 0 spiro atoms. The molecule has 0 bridgehead atoms. The summed E-state index contributed by atoms with van der Waals surface area (Å²) in [4.78, 5) is 99.7. The maximum atomic E-state index is 13.7. The number of carboxylic acids is 1. The van der Waals surface area contributed by atoms with Crippen LogP contribution < -0.4 is 37.6 Å². The summed E-state index contributed by atoms with van der Waals surface area (Å²) in [5, 5.41) is 45.7. The summed E-state index contributed by atoms with van der Waals surface area (Å²) in [6, 6.07) is 7.88. The normalized spacial score (nSPS) is 14.7. The smallest absolute Gasteiger partial charge is 0.326 e. The van der Waals surface area contributed by atoms with Crippen LogP contribution in [0.2, 0.25) is 0 Å². The Morgan fingerprint density at radius 3 is 1.73 bits per heavy atom. The summed E-state index contributed by atoms with van der Waals surface area (Å²) in [5.74, 6) is -6.60. The van der Waals surface area contributed by atoms with E-state index in [4.69, 9.17) is 5.73 Å². The highest BCUT2D eigenvalue weighted by atomic mass is 16.4. The molecule has 6 amide bonds. The molecule has 344 valence electrons. The Hall–Kier alpha value is -6.34. The van der Waals surface area contributed by atoms with Crippen molar-refractivity contribution in [2.24, 2.45) is 23.5 Å². The molecule has 1 aromatic heterocycles. The second-order valence-corrected chi connectivity index (χ2v) is 16.8. The summed E-state index contributed by atoms with van der Waals surface area (Å²) in [7, 11) is 0. The number of carboxylic acid groups (broad SMARTS) is 1. The lowest BCUT2D eigenvalue weighted by Gasteiger charge is -2.28. The van der Waals surface area contributed by atoms with Crippen LogP contribution in [0.25, 0.3) is 0 Å². The number of aromatic nitrogens is 2. The van der Waals surface area contributed by atoms with Crippen molar-refractivity contribution in [3.05, 3.63) is 83.9 Å². The number of amides is 6. The van der Waals surface area contributed by atoms with E-state index in [1.54, 1.807) is 27.7 Å². The molecule has 0 saturated carbocycles. The van der Waals surface area contributed by atoms with Crippen LogP contribution in [0.15, 0.2) is 67.1 Å². The molecule has 63 heavy (non-hydrogen) atoms. The lowest BCUT2D eigenvalue weighted by Crippen LogP contribution is -2.59. The van der Waals surface area contributed by atoms with Crippen LogP contribution in [0.5, 0.6) is 5.75 Å². The van der Waals surface area contributed by atoms with Gasteiger partial charge in [0.15, 0.2) is 0 Å². The maximum absolute atomic E-state index is 13.7. The molecule has 0 aliphatic heterocycles. The third-order valence-electron chi connectivity index (χ3n) is 9.94. The van der Waals surface area contributed by atoms with Gasteiger partial charge in [-0.05, 0) is 60.3 Å². The van der Waals surface area contributed by atoms with Gasteiger partial charge in [-0.3, -0.25) is 28.8 Å². The van der Waals surface area contributed by atoms with Crippen molar-refractivity contribution >= 4 is 41.4 Å². The monoisotopic (exact) mass is 877 g/mol. The van der Waals surface area contributed by atoms with E-state index in [9.17, 15) is 48.9 Å². The summed E-state index contributed by atoms with van der Waals surface area (Å²) in [6.45, 7) is 9.95. The van der Waals surface area contributed by atoms with Gasteiger partial charge in [-0.1, -0.05) is 84.0 Å². The lowest BCUT2D eigenvalue weighted by atomic mass is 9.99. The van der Waals surface area contributed by atoms with Crippen molar-refractivity contribution < 1.29 is 48.9 Å². The third kappa shape index (κ3) is 17.5. The SMILES string of the molecule is CC(C)C[C@H](NC(=O)C(O)CNC(=O)[C@H](CC(C)C)NC(=O)[C@H](Cc1cnc[nH]1)NC(=O)[C@@H](N)Cc1ccccc1)C(=O)N[C@H](C(=O)N[C@@H](Cc1ccc(O)cc1)C(=O)O)C(C)C. The van der Waals surface area contributed by atoms with Crippen LogP contribution >= 0.6 is 0 Å². The van der Waals surface area contributed by atoms with Gasteiger partial charge in [-0.15, -0.1) is 0 Å². The molecule has 3 aromatic rings. The number of hydrogen-bond donors (Lipinski definition) is 11. The Balaban J connectivity index is 1.66. The molecule has 0 radical (unpaired) electrons. The Kier molecular flexibility index (Phi) is 20.2. The lowest BCUT2D eigenvalue weighted by molar-refractivity contribution is -0.142. The van der Waals surface area contributed by atoms with Gasteiger partial charge < -0.3 is 57.9 Å². The molecule has 1 heterocycles. The highest BCUT2D eigenvalue weighted by Gasteiger charge is 2.34. The van der Waals surface area contributed by atoms with Gasteiger partial charge in [0.25, 0.3) is 5.91 Å². The van der Waals surface area contributed by atoms with E-state index < -0.39 is 96.2 Å². The van der Waals surface area contributed by atoms with Gasteiger partial charge in [0.05, 0.1) is 18.9 Å². The van der Waals surface area contributed by atoms with Crippen LogP contribution in [0.4, 0.5) is 0 Å². The molecule has 7 atom stereocenters. The number of aliphatic hydroxyl groups is 1. The number of nitrogens with two attached hydrogens (primary N) is 1. The van der Waals surface area contributed by atoms with E-state index in [2.05, 4.69) is 41.9 Å². The van der Waals surface area contributed by atoms with Crippen molar-refractivity contribution in [2.75, 3.05) is 6.54 Å². The highest BCUT2D eigenvalue weighted by Crippen LogP contribution is 2.14. The molecule has 19 heteroatoms. The number of carbonyl (C=O) groups excluding carboxylic acids is 6. The first-order valence-electron chi connectivity index (χ1n) is 21.0. The fraction of sp³-hybridized carbons (Fsp3) is 0.500. The first-order chi connectivity index (χ1) is 29.7. The maximum Gasteiger partial charge on any atom is 0.326 e. The minimum absolute atomic E-state index is 0.00210. The van der Waals surface area contributed by atoms with E-state index in [1.807, 2.05) is 44.2 Å². The van der Waals surface area contributed by atoms with Gasteiger partial charge in [0.1, 0.15) is 42.1 Å². The Bertz CT molecular complexity index is 1960. The standard InChI is InChI=1S/C44H63N9O10/c1-24(2)16-32(50-40(58)34(20-29-21-46-23-48-29)49-38(56)31(45)18-27-10-8-7-9-11-27)39(57)47-22-36(55)42(60)51-33(17-25(3)4)41(59)53-37(26(5)6)43(61)52-35(44(62)63)19-28-12-14-30(54)15-13-28/h7-15,21,23-26,31-37,54-55H,16-20,22,45H2,1-6H3,(H,46,48)(H,47,57)(H,49,56)(H,50,58)(H,51,60)(H,52,61)(H,53,59)(H,62,63)/t31-,32-,33-,34-,35-,36?,37-/m0/s1. The zero-order valence-corrected chi connectivity index (χ0v) is 36.6. The molecule has 0 aliphatic carbocycles. The average Bonchev–Trinajstić information content (AvgIpc) is 3.74. The van der Waals surface area contributed by atoms with Crippen molar-refractivity contribution in [3.63, 3.8) is 0 Å². The van der Waals surface area contributed by atoms with Crippen LogP contribution in [-0.2, 0) is 52.8 Å². The molecule has 2 aromatic carbocycles. The van der Waals surface area contributed by atoms with E-state index in [1.165, 1.54) is 36.8 Å². The molecular formula is C44H63N9O10. The molecule has 19 nitrogen and oxygen atoms in total. The zero-order chi connectivity index (χ0) is 46.8. The number of aromatic hydroxyl groups is 1. The van der Waals surface area contributed by atoms with Crippen molar-refractivity contribution in [1.29, 1.82) is 0 Å². The number of hydrogen-bond acceptors (Lipinski definition) is 11. The number of H-pyrrole nitrogens is 1. The number of carbonyl (C=O) groups is 7. The number of aliphatic carboxylic acids is 1. The number of phenolic OH excluding ortho intramolecular Hbond substituents is 1. The van der Waals surface area contributed by atoms with Crippen molar-refractivity contribution in [2.45, 2.75) is 116 Å². The number of aliphatic hydroxyl groups excluding tert-OH is 1. The second kappa shape index (κ2) is 24.9. The number of phenols is 1. The number of nitrogens with one attached hydrogen (secondary N) is 7. The van der Waals surface area contributed by atoms with Gasteiger partial charge in [0.2, 0.25) is 29.5 Å². The van der Waals surface area contributed by atoms with Gasteiger partial charge in [0, 0.05) is 24.7 Å². The van der Waals surface area contributed by atoms with Crippen LogP contribution in [0, 0.1) is 17.8 Å². The van der Waals surface area contributed by atoms with Crippen LogP contribution in [-0.4, -0.2) is 116 Å². The van der Waals surface area contributed by atoms with E-state index >= 15 is 0 Å². The van der Waals surface area contributed by atoms with Gasteiger partial charge in [-0.2, -0.15) is 0 Å². The van der Waals surface area contributed by atoms with Crippen LogP contribution in [0.1, 0.15) is 71.2 Å². The van der Waals surface area contributed by atoms with E-state index in [0.717, 1.165) is 5.56 Å². The molecule has 0 fully saturated rings. The summed E-state index contributed by atoms with van der Waals surface area (Å²) in [6.07, 6.45) is 1.45. The number of imidazole rings is 1. The summed E-state index contributed by atoms with van der Waals surface area (Å²) in [5.41, 5.74) is 8.10. The van der Waals surface area contributed by atoms with Gasteiger partial charge in [-0.25, -0.2) is 9.78 Å². The average molecular weight is 878 g/mol. The first-order valence-corrected chi connectivity index (χ1v) is 21.0. The van der Waals surface area contributed by atoms with Crippen molar-refractivity contribution in [3.8, 4) is 5.75 Å². The Morgan fingerprint density at radius 1 is 0.635 bits per heavy atom. The predicted molar refractivity (Wildman–Crippen MR) is 232 cm³/mol. The Labute approximate surface area is 367 Å². The second-order valence-electron chi connectivity index (χ2n) is 16.8. The summed E-state index contributed by atoms with van der Waals surface area (Å²) >= 11 is 0. The first kappa shape index (κ1) is 51.0. The summed E-state index contributed by atoms with van der Waals surface area (Å²) < 4.78 is 0. The molecular weight excluding hydrogens is 815 g/mol. The minimum Gasteiger partial charge on any atom is -0.508 e. The highest BCUT2D eigenvalue weighted by molar-refractivity contribution is 5.95. The molecule has 12 N–H and O–H groups in total. The number of aromatic amines is 1. The molecule has 0 saturated heterocycles. The fourth-order valence-corrected chi connectivity index (χ4v) is 6.54. The topological polar surface area (TPSA) is 307 Å². The molecule has 3 rings (SSSR count).